The Labute approximate surface area is 315 Å². The molecule has 0 aromatic carbocycles. The minimum atomic E-state index is -0.159. The van der Waals surface area contributed by atoms with Gasteiger partial charge in [0, 0.05) is 13.0 Å². The summed E-state index contributed by atoms with van der Waals surface area (Å²) < 4.78 is 71.0. The highest BCUT2D eigenvalue weighted by atomic mass is 16.6. The molecule has 312 valence electrons. The first-order valence-electron chi connectivity index (χ1n) is 19.9. The average molecular weight is 757 g/mol. The van der Waals surface area contributed by atoms with E-state index >= 15 is 0 Å². The van der Waals surface area contributed by atoms with Gasteiger partial charge >= 0.3 is 5.97 Å². The van der Waals surface area contributed by atoms with Gasteiger partial charge in [0.25, 0.3) is 0 Å². The zero-order valence-electron chi connectivity index (χ0n) is 33.0. The van der Waals surface area contributed by atoms with Gasteiger partial charge in [0.1, 0.15) is 6.61 Å². The van der Waals surface area contributed by atoms with Crippen LogP contribution in [0.3, 0.4) is 0 Å². The number of carbonyl (C=O) groups is 1. The normalized spacial score (nSPS) is 11.5. The second-order valence-electron chi connectivity index (χ2n) is 11.8. The van der Waals surface area contributed by atoms with Crippen molar-refractivity contribution in [2.75, 3.05) is 165 Å². The van der Waals surface area contributed by atoms with E-state index in [0.29, 0.717) is 158 Å². The van der Waals surface area contributed by atoms with Crippen LogP contribution in [0.25, 0.3) is 0 Å². The first-order chi connectivity index (χ1) is 25.8. The maximum Gasteiger partial charge on any atom is 0.305 e. The lowest BCUT2D eigenvalue weighted by molar-refractivity contribution is -0.145. The summed E-state index contributed by atoms with van der Waals surface area (Å²) >= 11 is 0. The molecule has 0 radical (unpaired) electrons. The van der Waals surface area contributed by atoms with E-state index in [1.54, 1.807) is 0 Å². The number of unbranched alkanes of at least 4 members (excludes halogenated alkanes) is 7. The molecule has 0 N–H and O–H groups in total. The molecule has 0 aromatic heterocycles. The molecule has 0 amide bonds. The number of esters is 1. The van der Waals surface area contributed by atoms with Crippen LogP contribution in [-0.2, 0) is 66.4 Å². The van der Waals surface area contributed by atoms with Crippen molar-refractivity contribution in [1.29, 1.82) is 0 Å². The SMILES string of the molecule is CCCCCCCCOCCOCCOCCOCCOCCOCCOCCOCCOCCOCCOCCOCCOC(=O)CCCCC. The van der Waals surface area contributed by atoms with Crippen LogP contribution in [0.4, 0.5) is 0 Å². The molecule has 0 fully saturated rings. The van der Waals surface area contributed by atoms with Gasteiger partial charge in [-0.15, -0.1) is 0 Å². The highest BCUT2D eigenvalue weighted by molar-refractivity contribution is 5.69. The first kappa shape index (κ1) is 51.0. The number of carbonyl (C=O) groups excluding carboxylic acids is 1. The van der Waals surface area contributed by atoms with Gasteiger partial charge in [0.2, 0.25) is 0 Å². The van der Waals surface area contributed by atoms with Gasteiger partial charge in [0.05, 0.1) is 152 Å². The van der Waals surface area contributed by atoms with Crippen LogP contribution < -0.4 is 0 Å². The molecule has 0 atom stereocenters. The number of ether oxygens (including phenoxy) is 13. The molecule has 14 heteroatoms. The Morgan fingerprint density at radius 2 is 0.500 bits per heavy atom. The third-order valence-corrected chi connectivity index (χ3v) is 7.21. The van der Waals surface area contributed by atoms with Crippen LogP contribution in [0.2, 0.25) is 0 Å². The Hall–Kier alpha value is -1.01. The van der Waals surface area contributed by atoms with Gasteiger partial charge in [0.15, 0.2) is 0 Å². The molecule has 52 heavy (non-hydrogen) atoms. The smallest absolute Gasteiger partial charge is 0.305 e. The Morgan fingerprint density at radius 3 is 0.808 bits per heavy atom. The van der Waals surface area contributed by atoms with Crippen molar-refractivity contribution in [3.05, 3.63) is 0 Å². The summed E-state index contributed by atoms with van der Waals surface area (Å²) in [5, 5.41) is 0. The Morgan fingerprint density at radius 1 is 0.269 bits per heavy atom. The predicted octanol–water partition coefficient (Wildman–Crippen LogP) is 4.67. The minimum absolute atomic E-state index is 0.159. The Balaban J connectivity index is 3.07. The summed E-state index contributed by atoms with van der Waals surface area (Å²) in [5.74, 6) is -0.159. The zero-order chi connectivity index (χ0) is 37.5. The predicted molar refractivity (Wildman–Crippen MR) is 198 cm³/mol. The fourth-order valence-corrected chi connectivity index (χ4v) is 4.31. The van der Waals surface area contributed by atoms with Crippen molar-refractivity contribution in [1.82, 2.24) is 0 Å². The van der Waals surface area contributed by atoms with E-state index < -0.39 is 0 Å². The maximum absolute atomic E-state index is 11.5. The number of rotatable bonds is 47. The monoisotopic (exact) mass is 757 g/mol. The molecule has 14 nitrogen and oxygen atoms in total. The molecule has 0 saturated carbocycles. The standard InChI is InChI=1S/C38H76O14/c1-3-5-7-8-9-11-13-40-14-15-41-16-17-42-18-19-43-20-21-44-22-23-45-24-25-46-26-27-47-28-29-48-30-31-49-32-33-50-34-35-51-36-37-52-38(39)12-10-6-4-2/h3-37H2,1-2H3. The molecule has 0 spiro atoms. The number of hydrogen-bond donors (Lipinski definition) is 0. The summed E-state index contributed by atoms with van der Waals surface area (Å²) in [7, 11) is 0. The minimum Gasteiger partial charge on any atom is -0.463 e. The van der Waals surface area contributed by atoms with Gasteiger partial charge in [-0.2, -0.15) is 0 Å². The molecule has 0 unspecified atom stereocenters. The molecule has 0 bridgehead atoms. The summed E-state index contributed by atoms with van der Waals surface area (Å²) in [6.07, 6.45) is 11.2. The average Bonchev–Trinajstić information content (AvgIpc) is 3.15. The van der Waals surface area contributed by atoms with Gasteiger partial charge in [-0.25, -0.2) is 0 Å². The quantitative estimate of drug-likeness (QED) is 0.0628. The van der Waals surface area contributed by atoms with Crippen molar-refractivity contribution in [2.45, 2.75) is 78.1 Å². The fraction of sp³-hybridized carbons (Fsp3) is 0.974. The van der Waals surface area contributed by atoms with Crippen LogP contribution in [-0.4, -0.2) is 171 Å². The lowest BCUT2D eigenvalue weighted by Gasteiger charge is -2.09. The molecule has 0 aliphatic heterocycles. The van der Waals surface area contributed by atoms with Crippen molar-refractivity contribution in [2.24, 2.45) is 0 Å². The molecular formula is C38H76O14. The molecule has 0 aromatic rings. The van der Waals surface area contributed by atoms with E-state index in [0.717, 1.165) is 32.3 Å². The lowest BCUT2D eigenvalue weighted by atomic mass is 10.1. The van der Waals surface area contributed by atoms with E-state index in [1.807, 2.05) is 0 Å². The third kappa shape index (κ3) is 47.0. The maximum atomic E-state index is 11.5. The molecule has 0 rings (SSSR count). The van der Waals surface area contributed by atoms with E-state index in [4.69, 9.17) is 61.6 Å². The summed E-state index contributed by atoms with van der Waals surface area (Å²) in [4.78, 5) is 11.5. The zero-order valence-corrected chi connectivity index (χ0v) is 33.0. The summed E-state index contributed by atoms with van der Waals surface area (Å²) in [6.45, 7) is 17.2. The van der Waals surface area contributed by atoms with Crippen LogP contribution >= 0.6 is 0 Å². The van der Waals surface area contributed by atoms with Crippen molar-refractivity contribution < 1.29 is 66.4 Å². The Bertz CT molecular complexity index is 661. The fourth-order valence-electron chi connectivity index (χ4n) is 4.31. The van der Waals surface area contributed by atoms with Crippen LogP contribution in [0, 0.1) is 0 Å². The van der Waals surface area contributed by atoms with E-state index in [-0.39, 0.29) is 12.6 Å². The highest BCUT2D eigenvalue weighted by Crippen LogP contribution is 2.05. The summed E-state index contributed by atoms with van der Waals surface area (Å²) in [6, 6.07) is 0. The second-order valence-corrected chi connectivity index (χ2v) is 11.8. The first-order valence-corrected chi connectivity index (χ1v) is 19.9. The third-order valence-electron chi connectivity index (χ3n) is 7.21. The van der Waals surface area contributed by atoms with Crippen molar-refractivity contribution >= 4 is 5.97 Å². The van der Waals surface area contributed by atoms with Gasteiger partial charge in [-0.05, 0) is 12.8 Å². The van der Waals surface area contributed by atoms with Crippen molar-refractivity contribution in [3.63, 3.8) is 0 Å². The largest absolute Gasteiger partial charge is 0.463 e. The van der Waals surface area contributed by atoms with Crippen molar-refractivity contribution in [3.8, 4) is 0 Å². The van der Waals surface area contributed by atoms with Crippen LogP contribution in [0.5, 0.6) is 0 Å². The molecule has 0 saturated heterocycles. The number of hydrogen-bond acceptors (Lipinski definition) is 14. The van der Waals surface area contributed by atoms with E-state index in [9.17, 15) is 4.79 Å². The van der Waals surface area contributed by atoms with Crippen LogP contribution in [0.1, 0.15) is 78.1 Å². The molecular weight excluding hydrogens is 680 g/mol. The van der Waals surface area contributed by atoms with Gasteiger partial charge < -0.3 is 61.6 Å². The van der Waals surface area contributed by atoms with Gasteiger partial charge in [-0.3, -0.25) is 4.79 Å². The molecule has 0 aliphatic rings. The lowest BCUT2D eigenvalue weighted by Crippen LogP contribution is -2.15. The highest BCUT2D eigenvalue weighted by Gasteiger charge is 2.02. The molecule has 0 aliphatic carbocycles. The van der Waals surface area contributed by atoms with Gasteiger partial charge in [-0.1, -0.05) is 58.8 Å². The van der Waals surface area contributed by atoms with E-state index in [2.05, 4.69) is 13.8 Å². The van der Waals surface area contributed by atoms with Crippen LogP contribution in [0.15, 0.2) is 0 Å². The second kappa shape index (κ2) is 48.0. The topological polar surface area (TPSA) is 137 Å². The van der Waals surface area contributed by atoms with E-state index in [1.165, 1.54) is 32.1 Å². The summed E-state index contributed by atoms with van der Waals surface area (Å²) in [5.41, 5.74) is 0. The Kier molecular flexibility index (Phi) is 47.1. The molecule has 0 heterocycles.